The van der Waals surface area contributed by atoms with Crippen LogP contribution in [0.25, 0.3) is 0 Å². The van der Waals surface area contributed by atoms with Gasteiger partial charge < -0.3 is 15.7 Å². The highest BCUT2D eigenvalue weighted by molar-refractivity contribution is 6.08. The zero-order valence-electron chi connectivity index (χ0n) is 16.1. The SMILES string of the molecule is CCc1ccccc1NC(=O)c1cnn2c1NC(C(=O)O)=C[C@H]2c1ccccc1F. The number of amides is 1. The molecular weight excluding hydrogens is 387 g/mol. The van der Waals surface area contributed by atoms with Crippen molar-refractivity contribution in [3.8, 4) is 0 Å². The minimum Gasteiger partial charge on any atom is -0.477 e. The van der Waals surface area contributed by atoms with E-state index in [0.29, 0.717) is 5.69 Å². The quantitative estimate of drug-likeness (QED) is 0.599. The Morgan fingerprint density at radius 2 is 1.93 bits per heavy atom. The normalized spacial score (nSPS) is 15.0. The van der Waals surface area contributed by atoms with E-state index in [4.69, 9.17) is 0 Å². The molecule has 1 amide bonds. The summed E-state index contributed by atoms with van der Waals surface area (Å²) in [6.45, 7) is 1.98. The van der Waals surface area contributed by atoms with Crippen molar-refractivity contribution in [3.05, 3.63) is 89.0 Å². The lowest BCUT2D eigenvalue weighted by atomic mass is 10.0. The molecule has 2 heterocycles. The van der Waals surface area contributed by atoms with Gasteiger partial charge in [0.1, 0.15) is 28.9 Å². The number of aliphatic carboxylic acids is 1. The van der Waals surface area contributed by atoms with Crippen molar-refractivity contribution in [1.82, 2.24) is 9.78 Å². The standard InChI is InChI=1S/C22H19FN4O3/c1-2-13-7-3-6-10-17(13)26-21(28)15-12-24-27-19(14-8-4-5-9-16(14)23)11-18(22(29)30)25-20(15)27/h3-12,19,25H,2H2,1H3,(H,26,28)(H,29,30)/t19-/m0/s1. The lowest BCUT2D eigenvalue weighted by molar-refractivity contribution is -0.132. The van der Waals surface area contributed by atoms with E-state index >= 15 is 0 Å². The fourth-order valence-electron chi connectivity index (χ4n) is 3.46. The van der Waals surface area contributed by atoms with Crippen LogP contribution in [0.1, 0.15) is 34.5 Å². The number of para-hydroxylation sites is 1. The Balaban J connectivity index is 1.74. The topological polar surface area (TPSA) is 96.3 Å². The first-order valence-corrected chi connectivity index (χ1v) is 9.43. The number of halogens is 1. The van der Waals surface area contributed by atoms with Gasteiger partial charge in [0.25, 0.3) is 5.91 Å². The van der Waals surface area contributed by atoms with Gasteiger partial charge in [0.15, 0.2) is 0 Å². The number of benzene rings is 2. The van der Waals surface area contributed by atoms with Gasteiger partial charge in [-0.2, -0.15) is 5.10 Å². The predicted molar refractivity (Wildman–Crippen MR) is 110 cm³/mol. The largest absolute Gasteiger partial charge is 0.477 e. The molecule has 3 N–H and O–H groups in total. The van der Waals surface area contributed by atoms with Gasteiger partial charge in [-0.25, -0.2) is 13.9 Å². The summed E-state index contributed by atoms with van der Waals surface area (Å²) >= 11 is 0. The first-order chi connectivity index (χ1) is 14.5. The highest BCUT2D eigenvalue weighted by atomic mass is 19.1. The Labute approximate surface area is 171 Å². The van der Waals surface area contributed by atoms with Gasteiger partial charge in [0.2, 0.25) is 0 Å². The number of carbonyl (C=O) groups excluding carboxylic acids is 1. The first kappa shape index (κ1) is 19.4. The molecule has 0 saturated heterocycles. The van der Waals surface area contributed by atoms with Crippen molar-refractivity contribution in [1.29, 1.82) is 0 Å². The summed E-state index contributed by atoms with van der Waals surface area (Å²) in [5.74, 6) is -1.96. The second-order valence-corrected chi connectivity index (χ2v) is 6.79. The molecule has 0 radical (unpaired) electrons. The summed E-state index contributed by atoms with van der Waals surface area (Å²) in [5.41, 5.74) is 1.90. The molecule has 0 saturated carbocycles. The van der Waals surface area contributed by atoms with Crippen molar-refractivity contribution < 1.29 is 19.1 Å². The maximum Gasteiger partial charge on any atom is 0.352 e. The zero-order valence-corrected chi connectivity index (χ0v) is 16.1. The zero-order chi connectivity index (χ0) is 21.3. The van der Waals surface area contributed by atoms with Crippen LogP contribution in [0, 0.1) is 5.82 Å². The predicted octanol–water partition coefficient (Wildman–Crippen LogP) is 3.82. The Bertz CT molecular complexity index is 1170. The molecule has 2 aromatic carbocycles. The minimum absolute atomic E-state index is 0.153. The smallest absolute Gasteiger partial charge is 0.352 e. The van der Waals surface area contributed by atoms with Gasteiger partial charge in [-0.15, -0.1) is 0 Å². The number of anilines is 2. The van der Waals surface area contributed by atoms with Crippen LogP contribution in [-0.2, 0) is 11.2 Å². The number of rotatable bonds is 5. The van der Waals surface area contributed by atoms with E-state index < -0.39 is 23.7 Å². The molecule has 0 fully saturated rings. The van der Waals surface area contributed by atoms with Crippen LogP contribution in [-0.4, -0.2) is 26.8 Å². The molecule has 1 atom stereocenters. The molecule has 3 aromatic rings. The van der Waals surface area contributed by atoms with Crippen molar-refractivity contribution in [2.75, 3.05) is 10.6 Å². The minimum atomic E-state index is -1.22. The number of carbonyl (C=O) groups is 2. The molecule has 8 heteroatoms. The molecule has 1 aliphatic rings. The molecule has 0 unspecified atom stereocenters. The second kappa shape index (κ2) is 7.82. The van der Waals surface area contributed by atoms with Crippen LogP contribution in [0.2, 0.25) is 0 Å². The maximum absolute atomic E-state index is 14.4. The summed E-state index contributed by atoms with van der Waals surface area (Å²) < 4.78 is 15.8. The number of hydrogen-bond donors (Lipinski definition) is 3. The Hall–Kier alpha value is -3.94. The van der Waals surface area contributed by atoms with Gasteiger partial charge in [-0.05, 0) is 30.2 Å². The monoisotopic (exact) mass is 406 g/mol. The molecule has 30 heavy (non-hydrogen) atoms. The molecule has 1 aromatic heterocycles. The summed E-state index contributed by atoms with van der Waals surface area (Å²) in [7, 11) is 0. The number of aromatic nitrogens is 2. The first-order valence-electron chi connectivity index (χ1n) is 9.43. The van der Waals surface area contributed by atoms with E-state index in [1.54, 1.807) is 24.3 Å². The van der Waals surface area contributed by atoms with Crippen LogP contribution in [0.5, 0.6) is 0 Å². The van der Waals surface area contributed by atoms with Gasteiger partial charge in [0, 0.05) is 11.3 Å². The highest BCUT2D eigenvalue weighted by Gasteiger charge is 2.30. The van der Waals surface area contributed by atoms with E-state index in [1.165, 1.54) is 23.0 Å². The Kier molecular flexibility index (Phi) is 5.05. The van der Waals surface area contributed by atoms with E-state index in [0.717, 1.165) is 12.0 Å². The molecule has 7 nitrogen and oxygen atoms in total. The van der Waals surface area contributed by atoms with Gasteiger partial charge >= 0.3 is 5.97 Å². The Morgan fingerprint density at radius 1 is 1.20 bits per heavy atom. The number of carboxylic acids is 1. The maximum atomic E-state index is 14.4. The summed E-state index contributed by atoms with van der Waals surface area (Å²) in [6, 6.07) is 12.7. The highest BCUT2D eigenvalue weighted by Crippen LogP contribution is 2.33. The fraction of sp³-hybridized carbons (Fsp3) is 0.136. The molecule has 0 spiro atoms. The summed E-state index contributed by atoms with van der Waals surface area (Å²) in [6.07, 6.45) is 3.45. The number of carboxylic acid groups (broad SMARTS) is 1. The van der Waals surface area contributed by atoms with E-state index in [9.17, 15) is 19.1 Å². The lowest BCUT2D eigenvalue weighted by Crippen LogP contribution is -2.26. The van der Waals surface area contributed by atoms with Crippen LogP contribution in [0.3, 0.4) is 0 Å². The second-order valence-electron chi connectivity index (χ2n) is 6.79. The third kappa shape index (κ3) is 3.43. The molecule has 0 aliphatic carbocycles. The van der Waals surface area contributed by atoms with Crippen molar-refractivity contribution >= 4 is 23.4 Å². The lowest BCUT2D eigenvalue weighted by Gasteiger charge is -2.24. The number of hydrogen-bond acceptors (Lipinski definition) is 4. The summed E-state index contributed by atoms with van der Waals surface area (Å²) in [5, 5.41) is 19.3. The van der Waals surface area contributed by atoms with Crippen molar-refractivity contribution in [2.24, 2.45) is 0 Å². The van der Waals surface area contributed by atoms with Crippen LogP contribution in [0.15, 0.2) is 66.5 Å². The van der Waals surface area contributed by atoms with Gasteiger partial charge in [-0.1, -0.05) is 43.3 Å². The average Bonchev–Trinajstić information content (AvgIpc) is 3.18. The van der Waals surface area contributed by atoms with Crippen LogP contribution >= 0.6 is 0 Å². The van der Waals surface area contributed by atoms with Crippen molar-refractivity contribution in [2.45, 2.75) is 19.4 Å². The fourth-order valence-corrected chi connectivity index (χ4v) is 3.46. The van der Waals surface area contributed by atoms with E-state index in [2.05, 4.69) is 15.7 Å². The molecule has 152 valence electrons. The van der Waals surface area contributed by atoms with Crippen LogP contribution < -0.4 is 10.6 Å². The number of nitrogens with one attached hydrogen (secondary N) is 2. The van der Waals surface area contributed by atoms with Crippen molar-refractivity contribution in [3.63, 3.8) is 0 Å². The number of aryl methyl sites for hydroxylation is 1. The van der Waals surface area contributed by atoms with E-state index in [-0.39, 0.29) is 22.6 Å². The third-order valence-electron chi connectivity index (χ3n) is 4.98. The van der Waals surface area contributed by atoms with Gasteiger partial charge in [0.05, 0.1) is 6.20 Å². The molecular formula is C22H19FN4O3. The number of nitrogens with zero attached hydrogens (tertiary/aromatic N) is 2. The average molecular weight is 406 g/mol. The van der Waals surface area contributed by atoms with Crippen LogP contribution in [0.4, 0.5) is 15.9 Å². The van der Waals surface area contributed by atoms with Gasteiger partial charge in [-0.3, -0.25) is 4.79 Å². The number of allylic oxidation sites excluding steroid dienone is 1. The Morgan fingerprint density at radius 3 is 2.67 bits per heavy atom. The third-order valence-corrected chi connectivity index (χ3v) is 4.98. The molecule has 0 bridgehead atoms. The summed E-state index contributed by atoms with van der Waals surface area (Å²) in [4.78, 5) is 24.6. The van der Waals surface area contributed by atoms with E-state index in [1.807, 2.05) is 25.1 Å². The number of fused-ring (bicyclic) bond motifs is 1. The molecule has 1 aliphatic heterocycles. The molecule has 4 rings (SSSR count).